The third-order valence-corrected chi connectivity index (χ3v) is 7.29. The summed E-state index contributed by atoms with van der Waals surface area (Å²) in [4.78, 5) is 10.9. The lowest BCUT2D eigenvalue weighted by atomic mass is 9.75. The Morgan fingerprint density at radius 2 is 1.84 bits per heavy atom. The molecule has 0 aliphatic heterocycles. The second-order valence-electron chi connectivity index (χ2n) is 10.3. The third kappa shape index (κ3) is 5.92. The van der Waals surface area contributed by atoms with Crippen LogP contribution in [0.4, 0.5) is 13.2 Å². The summed E-state index contributed by atoms with van der Waals surface area (Å²) in [6.07, 6.45) is 2.61. The average Bonchev–Trinajstić information content (AvgIpc) is 3.22. The molecule has 0 aromatic heterocycles. The Bertz CT molecular complexity index is 1300. The molecule has 1 atom stereocenters. The molecule has 37 heavy (non-hydrogen) atoms. The van der Waals surface area contributed by atoms with E-state index in [4.69, 9.17) is 14.6 Å². The minimum absolute atomic E-state index is 0.0112. The topological polar surface area (TPSA) is 55.8 Å². The van der Waals surface area contributed by atoms with Gasteiger partial charge in [0.2, 0.25) is 0 Å². The summed E-state index contributed by atoms with van der Waals surface area (Å²) < 4.78 is 55.0. The molecule has 7 heteroatoms. The molecule has 0 radical (unpaired) electrons. The minimum atomic E-state index is -1.10. The summed E-state index contributed by atoms with van der Waals surface area (Å²) in [5.74, 6) is -2.45. The summed E-state index contributed by atoms with van der Waals surface area (Å²) in [5.41, 5.74) is 2.90. The van der Waals surface area contributed by atoms with E-state index in [9.17, 15) is 18.0 Å². The predicted octanol–water partition coefficient (Wildman–Crippen LogP) is 7.67. The van der Waals surface area contributed by atoms with Gasteiger partial charge in [-0.05, 0) is 77.1 Å². The molecule has 1 unspecified atom stereocenters. The van der Waals surface area contributed by atoms with E-state index in [2.05, 4.69) is 13.8 Å². The Hall–Kier alpha value is -3.48. The maximum atomic E-state index is 15.0. The van der Waals surface area contributed by atoms with Gasteiger partial charge in [0.25, 0.3) is 0 Å². The van der Waals surface area contributed by atoms with Crippen LogP contribution >= 0.6 is 0 Å². The first-order chi connectivity index (χ1) is 17.6. The van der Waals surface area contributed by atoms with Gasteiger partial charge in [0.15, 0.2) is 11.6 Å². The second kappa shape index (κ2) is 10.9. The van der Waals surface area contributed by atoms with E-state index in [1.54, 1.807) is 18.2 Å². The van der Waals surface area contributed by atoms with Crippen LogP contribution in [-0.2, 0) is 17.8 Å². The zero-order valence-corrected chi connectivity index (χ0v) is 21.2. The summed E-state index contributed by atoms with van der Waals surface area (Å²) in [7, 11) is 1.54. The van der Waals surface area contributed by atoms with Crippen molar-refractivity contribution in [2.75, 3.05) is 7.11 Å². The van der Waals surface area contributed by atoms with Crippen LogP contribution in [0, 0.1) is 22.9 Å². The normalized spacial score (nSPS) is 16.5. The number of halogens is 3. The van der Waals surface area contributed by atoms with E-state index in [0.717, 1.165) is 48.1 Å². The number of carbonyl (C=O) groups is 1. The zero-order valence-electron chi connectivity index (χ0n) is 21.2. The molecule has 1 fully saturated rings. The number of benzene rings is 3. The number of aliphatic carboxylic acids is 1. The molecule has 0 saturated heterocycles. The number of rotatable bonds is 9. The maximum absolute atomic E-state index is 15.0. The molecule has 0 heterocycles. The molecule has 3 aromatic rings. The monoisotopic (exact) mass is 512 g/mol. The average molecular weight is 513 g/mol. The van der Waals surface area contributed by atoms with E-state index < -0.39 is 17.6 Å². The molecule has 0 bridgehead atoms. The van der Waals surface area contributed by atoms with Crippen molar-refractivity contribution >= 4 is 5.97 Å². The highest BCUT2D eigenvalue weighted by Gasteiger charge is 2.37. The molecule has 1 saturated carbocycles. The number of ether oxygens (including phenoxy) is 2. The number of hydrogen-bond donors (Lipinski definition) is 1. The quantitative estimate of drug-likeness (QED) is 0.320. The molecule has 3 aromatic carbocycles. The van der Waals surface area contributed by atoms with Gasteiger partial charge in [-0.3, -0.25) is 4.79 Å². The number of carboxylic acid groups (broad SMARTS) is 1. The Labute approximate surface area is 215 Å². The van der Waals surface area contributed by atoms with Crippen LogP contribution in [0.3, 0.4) is 0 Å². The summed E-state index contributed by atoms with van der Waals surface area (Å²) in [6.45, 7) is 4.39. The summed E-state index contributed by atoms with van der Waals surface area (Å²) >= 11 is 0. The second-order valence-corrected chi connectivity index (χ2v) is 10.3. The Balaban J connectivity index is 1.68. The molecule has 196 valence electrons. The number of aryl methyl sites for hydroxylation is 1. The van der Waals surface area contributed by atoms with Crippen molar-refractivity contribution in [3.63, 3.8) is 0 Å². The van der Waals surface area contributed by atoms with Crippen LogP contribution in [-0.4, -0.2) is 18.2 Å². The molecule has 0 amide bonds. The van der Waals surface area contributed by atoms with Crippen LogP contribution < -0.4 is 9.47 Å². The van der Waals surface area contributed by atoms with Crippen LogP contribution in [0.1, 0.15) is 62.1 Å². The van der Waals surface area contributed by atoms with Crippen molar-refractivity contribution in [3.8, 4) is 22.6 Å². The van der Waals surface area contributed by atoms with Gasteiger partial charge in [0.1, 0.15) is 24.0 Å². The minimum Gasteiger partial charge on any atom is -0.497 e. The highest BCUT2D eigenvalue weighted by molar-refractivity contribution is 5.71. The fourth-order valence-electron chi connectivity index (χ4n) is 5.28. The summed E-state index contributed by atoms with van der Waals surface area (Å²) in [6, 6.07) is 12.2. The van der Waals surface area contributed by atoms with Crippen molar-refractivity contribution in [1.82, 2.24) is 0 Å². The Morgan fingerprint density at radius 3 is 2.51 bits per heavy atom. The van der Waals surface area contributed by atoms with Gasteiger partial charge >= 0.3 is 5.97 Å². The molecule has 4 rings (SSSR count). The lowest BCUT2D eigenvalue weighted by Gasteiger charge is -2.30. The first kappa shape index (κ1) is 26.6. The van der Waals surface area contributed by atoms with Gasteiger partial charge in [0.05, 0.1) is 7.11 Å². The van der Waals surface area contributed by atoms with E-state index in [1.807, 2.05) is 12.1 Å². The lowest BCUT2D eigenvalue weighted by Crippen LogP contribution is -2.17. The first-order valence-electron chi connectivity index (χ1n) is 12.4. The lowest BCUT2D eigenvalue weighted by molar-refractivity contribution is -0.136. The Morgan fingerprint density at radius 1 is 1.05 bits per heavy atom. The van der Waals surface area contributed by atoms with E-state index in [1.165, 1.54) is 13.2 Å². The SMILES string of the molecule is COc1ccc(F)c(-c2ccc(COc3cc(F)cc(CCC(=O)O)c3F)cc2C2CCCC2(C)C)c1. The molecule has 4 nitrogen and oxygen atoms in total. The molecular formula is C30H31F3O4. The van der Waals surface area contributed by atoms with Gasteiger partial charge < -0.3 is 14.6 Å². The van der Waals surface area contributed by atoms with Crippen molar-refractivity contribution in [1.29, 1.82) is 0 Å². The number of hydrogen-bond acceptors (Lipinski definition) is 3. The predicted molar refractivity (Wildman–Crippen MR) is 135 cm³/mol. The van der Waals surface area contributed by atoms with Gasteiger partial charge in [-0.1, -0.05) is 38.5 Å². The highest BCUT2D eigenvalue weighted by Crippen LogP contribution is 2.51. The van der Waals surface area contributed by atoms with Crippen LogP contribution in [0.15, 0.2) is 48.5 Å². The van der Waals surface area contributed by atoms with Crippen LogP contribution in [0.5, 0.6) is 11.5 Å². The smallest absolute Gasteiger partial charge is 0.303 e. The van der Waals surface area contributed by atoms with Crippen molar-refractivity contribution in [3.05, 3.63) is 82.7 Å². The van der Waals surface area contributed by atoms with Crippen molar-refractivity contribution in [2.45, 2.75) is 58.5 Å². The van der Waals surface area contributed by atoms with Gasteiger partial charge in [-0.25, -0.2) is 13.2 Å². The van der Waals surface area contributed by atoms with E-state index in [-0.39, 0.29) is 47.9 Å². The molecule has 0 spiro atoms. The van der Waals surface area contributed by atoms with Crippen LogP contribution in [0.25, 0.3) is 11.1 Å². The Kier molecular flexibility index (Phi) is 7.81. The largest absolute Gasteiger partial charge is 0.497 e. The number of methoxy groups -OCH3 is 1. The maximum Gasteiger partial charge on any atom is 0.303 e. The molecule has 1 aliphatic rings. The molecular weight excluding hydrogens is 481 g/mol. The first-order valence-corrected chi connectivity index (χ1v) is 12.4. The standard InChI is InChI=1S/C30H31F3O4/c1-30(2)12-4-5-25(30)23-13-18(6-9-22(23)24-16-21(36-3)8-10-26(24)32)17-37-27-15-20(31)14-19(29(27)33)7-11-28(34)35/h6,8-10,13-16,25H,4-5,7,11-12,17H2,1-3H3,(H,34,35). The van der Waals surface area contributed by atoms with Crippen molar-refractivity contribution < 1.29 is 32.5 Å². The fraction of sp³-hybridized carbons (Fsp3) is 0.367. The fourth-order valence-corrected chi connectivity index (χ4v) is 5.28. The van der Waals surface area contributed by atoms with E-state index >= 15 is 0 Å². The van der Waals surface area contributed by atoms with Crippen molar-refractivity contribution in [2.24, 2.45) is 5.41 Å². The van der Waals surface area contributed by atoms with E-state index in [0.29, 0.717) is 11.3 Å². The number of carboxylic acids is 1. The molecule has 1 N–H and O–H groups in total. The molecule has 1 aliphatic carbocycles. The van der Waals surface area contributed by atoms with Gasteiger partial charge in [0, 0.05) is 18.1 Å². The zero-order chi connectivity index (χ0) is 26.7. The summed E-state index contributed by atoms with van der Waals surface area (Å²) in [5, 5.41) is 8.88. The van der Waals surface area contributed by atoms with Gasteiger partial charge in [-0.15, -0.1) is 0 Å². The van der Waals surface area contributed by atoms with Gasteiger partial charge in [-0.2, -0.15) is 0 Å². The third-order valence-electron chi connectivity index (χ3n) is 7.29. The highest BCUT2D eigenvalue weighted by atomic mass is 19.1. The van der Waals surface area contributed by atoms with Crippen LogP contribution in [0.2, 0.25) is 0 Å².